The van der Waals surface area contributed by atoms with Gasteiger partial charge in [-0.3, -0.25) is 4.68 Å². The molecule has 3 aromatic rings. The van der Waals surface area contributed by atoms with Gasteiger partial charge in [0.15, 0.2) is 5.13 Å². The highest BCUT2D eigenvalue weighted by atomic mass is 32.1. The zero-order valence-electron chi connectivity index (χ0n) is 15.2. The van der Waals surface area contributed by atoms with E-state index in [1.807, 2.05) is 36.9 Å². The molecule has 0 aliphatic carbocycles. The Morgan fingerprint density at radius 3 is 2.96 bits per heavy atom. The van der Waals surface area contributed by atoms with Crippen LogP contribution in [0.3, 0.4) is 0 Å². The van der Waals surface area contributed by atoms with Crippen molar-refractivity contribution in [2.45, 2.75) is 52.3 Å². The largest absolute Gasteiger partial charge is 0.465 e. The monoisotopic (exact) mass is 372 g/mol. The summed E-state index contributed by atoms with van der Waals surface area (Å²) in [5.74, 6) is 1.83. The molecule has 26 heavy (non-hydrogen) atoms. The van der Waals surface area contributed by atoms with Crippen LogP contribution in [0.1, 0.15) is 36.5 Å². The highest BCUT2D eigenvalue weighted by Gasteiger charge is 2.17. The van der Waals surface area contributed by atoms with Crippen LogP contribution in [0.25, 0.3) is 10.6 Å². The fourth-order valence-electron chi connectivity index (χ4n) is 3.20. The van der Waals surface area contributed by atoms with E-state index in [9.17, 15) is 0 Å². The van der Waals surface area contributed by atoms with Gasteiger partial charge in [0, 0.05) is 12.8 Å². The number of nitrogens with one attached hydrogen (secondary N) is 1. The number of hydrogen-bond donors (Lipinski definition) is 1. The third-order valence-corrected chi connectivity index (χ3v) is 5.68. The SMILES string of the molecule is Cc1ccc(CNc2nc(C)c(-c3ccn(CC4CCCCO4)n3)s2)o1. The molecule has 0 saturated carbocycles. The summed E-state index contributed by atoms with van der Waals surface area (Å²) in [6.07, 6.45) is 5.86. The summed E-state index contributed by atoms with van der Waals surface area (Å²) < 4.78 is 13.4. The van der Waals surface area contributed by atoms with Gasteiger partial charge in [-0.2, -0.15) is 5.10 Å². The molecule has 6 nitrogen and oxygen atoms in total. The number of ether oxygens (including phenoxy) is 1. The molecule has 1 saturated heterocycles. The lowest BCUT2D eigenvalue weighted by atomic mass is 10.1. The average molecular weight is 372 g/mol. The number of aromatic nitrogens is 3. The van der Waals surface area contributed by atoms with Gasteiger partial charge >= 0.3 is 0 Å². The lowest BCUT2D eigenvalue weighted by molar-refractivity contribution is 0.00403. The molecule has 0 spiro atoms. The van der Waals surface area contributed by atoms with Gasteiger partial charge < -0.3 is 14.5 Å². The van der Waals surface area contributed by atoms with Crippen molar-refractivity contribution < 1.29 is 9.15 Å². The molecule has 4 heterocycles. The topological polar surface area (TPSA) is 65.1 Å². The van der Waals surface area contributed by atoms with Gasteiger partial charge in [0.25, 0.3) is 0 Å². The highest BCUT2D eigenvalue weighted by molar-refractivity contribution is 7.19. The zero-order chi connectivity index (χ0) is 17.9. The van der Waals surface area contributed by atoms with E-state index in [1.165, 1.54) is 12.8 Å². The van der Waals surface area contributed by atoms with Crippen LogP contribution in [0.4, 0.5) is 5.13 Å². The molecule has 1 fully saturated rings. The number of anilines is 1. The molecule has 1 atom stereocenters. The van der Waals surface area contributed by atoms with Crippen molar-refractivity contribution in [1.29, 1.82) is 0 Å². The first-order valence-electron chi connectivity index (χ1n) is 9.09. The lowest BCUT2D eigenvalue weighted by Gasteiger charge is -2.22. The van der Waals surface area contributed by atoms with Gasteiger partial charge in [-0.25, -0.2) is 4.98 Å². The second-order valence-electron chi connectivity index (χ2n) is 6.71. The Bertz CT molecular complexity index is 861. The summed E-state index contributed by atoms with van der Waals surface area (Å²) in [6, 6.07) is 6.01. The third-order valence-electron chi connectivity index (χ3n) is 4.54. The molecule has 0 bridgehead atoms. The fraction of sp³-hybridized carbons (Fsp3) is 0.474. The molecule has 1 aliphatic heterocycles. The normalized spacial score (nSPS) is 17.5. The molecule has 138 valence electrons. The summed E-state index contributed by atoms with van der Waals surface area (Å²) in [7, 11) is 0. The molecule has 7 heteroatoms. The number of nitrogens with zero attached hydrogens (tertiary/aromatic N) is 3. The number of thiazole rings is 1. The Morgan fingerprint density at radius 2 is 2.19 bits per heavy atom. The molecule has 1 N–H and O–H groups in total. The fourth-order valence-corrected chi connectivity index (χ4v) is 4.12. The van der Waals surface area contributed by atoms with Crippen LogP contribution in [0.15, 0.2) is 28.8 Å². The quantitative estimate of drug-likeness (QED) is 0.695. The van der Waals surface area contributed by atoms with Crippen LogP contribution < -0.4 is 5.32 Å². The molecular weight excluding hydrogens is 348 g/mol. The second kappa shape index (κ2) is 7.63. The van der Waals surface area contributed by atoms with Crippen molar-refractivity contribution >= 4 is 16.5 Å². The van der Waals surface area contributed by atoms with Crippen LogP contribution in [0.2, 0.25) is 0 Å². The van der Waals surface area contributed by atoms with E-state index < -0.39 is 0 Å². The van der Waals surface area contributed by atoms with Crippen molar-refractivity contribution in [3.8, 4) is 10.6 Å². The van der Waals surface area contributed by atoms with Crippen molar-refractivity contribution in [3.05, 3.63) is 41.6 Å². The van der Waals surface area contributed by atoms with Crippen LogP contribution >= 0.6 is 11.3 Å². The second-order valence-corrected chi connectivity index (χ2v) is 7.71. The van der Waals surface area contributed by atoms with Gasteiger partial charge in [-0.05, 0) is 51.3 Å². The summed E-state index contributed by atoms with van der Waals surface area (Å²) >= 11 is 1.63. The molecule has 0 radical (unpaired) electrons. The first-order chi connectivity index (χ1) is 12.7. The molecular formula is C19H24N4O2S. The van der Waals surface area contributed by atoms with E-state index in [4.69, 9.17) is 14.3 Å². The maximum atomic E-state index is 5.81. The Morgan fingerprint density at radius 1 is 1.27 bits per heavy atom. The minimum atomic E-state index is 0.285. The molecule has 0 aromatic carbocycles. The lowest BCUT2D eigenvalue weighted by Crippen LogP contribution is -2.24. The summed E-state index contributed by atoms with van der Waals surface area (Å²) in [4.78, 5) is 5.73. The molecule has 4 rings (SSSR count). The minimum Gasteiger partial charge on any atom is -0.465 e. The maximum Gasteiger partial charge on any atom is 0.183 e. The van der Waals surface area contributed by atoms with E-state index in [2.05, 4.69) is 16.4 Å². The van der Waals surface area contributed by atoms with Gasteiger partial charge in [0.2, 0.25) is 0 Å². The van der Waals surface area contributed by atoms with Crippen molar-refractivity contribution in [2.75, 3.05) is 11.9 Å². The zero-order valence-corrected chi connectivity index (χ0v) is 16.0. The van der Waals surface area contributed by atoms with Gasteiger partial charge in [0.1, 0.15) is 17.2 Å². The Kier molecular flexibility index (Phi) is 5.08. The first-order valence-corrected chi connectivity index (χ1v) is 9.91. The summed E-state index contributed by atoms with van der Waals surface area (Å²) in [5.41, 5.74) is 1.96. The van der Waals surface area contributed by atoms with Gasteiger partial charge in [0.05, 0.1) is 29.8 Å². The van der Waals surface area contributed by atoms with Crippen LogP contribution in [0, 0.1) is 13.8 Å². The van der Waals surface area contributed by atoms with Gasteiger partial charge in [-0.15, -0.1) is 0 Å². The van der Waals surface area contributed by atoms with Crippen LogP contribution in [0.5, 0.6) is 0 Å². The van der Waals surface area contributed by atoms with Crippen molar-refractivity contribution in [3.63, 3.8) is 0 Å². The highest BCUT2D eigenvalue weighted by Crippen LogP contribution is 2.32. The van der Waals surface area contributed by atoms with Crippen molar-refractivity contribution in [2.24, 2.45) is 0 Å². The number of hydrogen-bond acceptors (Lipinski definition) is 6. The number of aryl methyl sites for hydroxylation is 2. The minimum absolute atomic E-state index is 0.285. The number of furan rings is 1. The van der Waals surface area contributed by atoms with E-state index in [1.54, 1.807) is 11.3 Å². The Hall–Kier alpha value is -2.12. The van der Waals surface area contributed by atoms with Crippen LogP contribution in [-0.4, -0.2) is 27.5 Å². The predicted molar refractivity (Wildman–Crippen MR) is 102 cm³/mol. The van der Waals surface area contributed by atoms with E-state index in [-0.39, 0.29) is 6.10 Å². The first kappa shape index (κ1) is 17.3. The van der Waals surface area contributed by atoms with Crippen LogP contribution in [-0.2, 0) is 17.8 Å². The maximum absolute atomic E-state index is 5.81. The average Bonchev–Trinajstić information content (AvgIpc) is 3.34. The summed E-state index contributed by atoms with van der Waals surface area (Å²) in [6.45, 7) is 6.30. The van der Waals surface area contributed by atoms with Crippen molar-refractivity contribution in [1.82, 2.24) is 14.8 Å². The molecule has 1 aliphatic rings. The van der Waals surface area contributed by atoms with E-state index >= 15 is 0 Å². The molecule has 3 aromatic heterocycles. The Balaban J connectivity index is 1.41. The molecule has 1 unspecified atom stereocenters. The summed E-state index contributed by atoms with van der Waals surface area (Å²) in [5, 5.41) is 8.95. The van der Waals surface area contributed by atoms with Gasteiger partial charge in [-0.1, -0.05) is 11.3 Å². The third kappa shape index (κ3) is 3.99. The predicted octanol–water partition coefficient (Wildman–Crippen LogP) is 4.40. The van der Waals surface area contributed by atoms with E-state index in [0.29, 0.717) is 6.54 Å². The van der Waals surface area contributed by atoms with E-state index in [0.717, 1.165) is 52.5 Å². The smallest absolute Gasteiger partial charge is 0.183 e. The molecule has 0 amide bonds. The Labute approximate surface area is 157 Å². The standard InChI is InChI=1S/C19H24N4O2S/c1-13-6-7-15(25-13)11-20-19-21-14(2)18(26-19)17-8-9-23(22-17)12-16-5-3-4-10-24-16/h6-9,16H,3-5,10-12H2,1-2H3,(H,20,21). The number of rotatable bonds is 6.